The van der Waals surface area contributed by atoms with E-state index in [2.05, 4.69) is 9.88 Å². The smallest absolute Gasteiger partial charge is 0.128 e. The Kier molecular flexibility index (Phi) is 2.53. The third-order valence-corrected chi connectivity index (χ3v) is 2.61. The molecule has 72 valence electrons. The molecule has 0 bridgehead atoms. The molecule has 2 rings (SSSR count). The van der Waals surface area contributed by atoms with E-state index in [1.807, 2.05) is 4.57 Å². The highest BCUT2D eigenvalue weighted by Crippen LogP contribution is 2.17. The summed E-state index contributed by atoms with van der Waals surface area (Å²) < 4.78 is 2.01. The van der Waals surface area contributed by atoms with E-state index in [0.717, 1.165) is 25.5 Å². The molecule has 1 aliphatic heterocycles. The van der Waals surface area contributed by atoms with Gasteiger partial charge in [-0.05, 0) is 0 Å². The second-order valence-corrected chi connectivity index (χ2v) is 3.54. The number of aliphatic hydroxyl groups excluding tert-OH is 1. The number of β-amino-alcohol motifs (C(OH)–C–C–N with tert-alkyl or cyclic N) is 1. The predicted molar refractivity (Wildman–Crippen MR) is 49.6 cm³/mol. The summed E-state index contributed by atoms with van der Waals surface area (Å²) in [6.45, 7) is 3.50. The fourth-order valence-corrected chi connectivity index (χ4v) is 1.84. The lowest BCUT2D eigenvalue weighted by Gasteiger charge is -2.26. The number of aliphatic hydroxyl groups is 1. The first-order chi connectivity index (χ1) is 6.31. The lowest BCUT2D eigenvalue weighted by atomic mass is 10.3. The monoisotopic (exact) mass is 201 g/mol. The van der Waals surface area contributed by atoms with Crippen molar-refractivity contribution in [3.8, 4) is 0 Å². The molecule has 1 N–H and O–H groups in total. The van der Waals surface area contributed by atoms with Gasteiger partial charge in [-0.25, -0.2) is 4.98 Å². The average molecular weight is 202 g/mol. The number of hydrogen-bond acceptors (Lipinski definition) is 3. The average Bonchev–Trinajstić information content (AvgIpc) is 2.48. The number of rotatable bonds is 2. The molecule has 0 spiro atoms. The van der Waals surface area contributed by atoms with Crippen LogP contribution in [0.15, 0.2) is 6.20 Å². The van der Waals surface area contributed by atoms with Crippen LogP contribution in [0.1, 0.15) is 5.82 Å². The largest absolute Gasteiger partial charge is 0.395 e. The summed E-state index contributed by atoms with van der Waals surface area (Å²) in [7, 11) is 0. The normalized spacial score (nSPS) is 17.4. The summed E-state index contributed by atoms with van der Waals surface area (Å²) in [4.78, 5) is 6.36. The van der Waals surface area contributed by atoms with Crippen LogP contribution in [0.2, 0.25) is 5.15 Å². The van der Waals surface area contributed by atoms with Crippen molar-refractivity contribution in [2.45, 2.75) is 13.1 Å². The topological polar surface area (TPSA) is 41.3 Å². The number of aromatic nitrogens is 2. The molecule has 0 atom stereocenters. The van der Waals surface area contributed by atoms with Gasteiger partial charge in [-0.3, -0.25) is 4.90 Å². The number of imidazole rings is 1. The number of fused-ring (bicyclic) bond motifs is 1. The molecule has 1 aliphatic rings. The van der Waals surface area contributed by atoms with Crippen LogP contribution < -0.4 is 0 Å². The third kappa shape index (κ3) is 1.70. The molecule has 4 nitrogen and oxygen atoms in total. The first-order valence-corrected chi connectivity index (χ1v) is 4.72. The highest BCUT2D eigenvalue weighted by molar-refractivity contribution is 6.29. The van der Waals surface area contributed by atoms with E-state index >= 15 is 0 Å². The Balaban J connectivity index is 2.11. The van der Waals surface area contributed by atoms with E-state index in [4.69, 9.17) is 16.7 Å². The minimum Gasteiger partial charge on any atom is -0.395 e. The molecule has 0 fully saturated rings. The number of hydrogen-bond donors (Lipinski definition) is 1. The van der Waals surface area contributed by atoms with Crippen LogP contribution in [0.5, 0.6) is 0 Å². The summed E-state index contributed by atoms with van der Waals surface area (Å²) in [5.74, 6) is 0.990. The molecule has 0 aliphatic carbocycles. The first-order valence-electron chi connectivity index (χ1n) is 4.34. The van der Waals surface area contributed by atoms with Gasteiger partial charge in [-0.1, -0.05) is 11.6 Å². The van der Waals surface area contributed by atoms with Crippen LogP contribution in [-0.4, -0.2) is 39.3 Å². The predicted octanol–water partition coefficient (Wildman–Crippen LogP) is 0.344. The second kappa shape index (κ2) is 3.65. The quantitative estimate of drug-likeness (QED) is 0.751. The highest BCUT2D eigenvalue weighted by Gasteiger charge is 2.17. The van der Waals surface area contributed by atoms with E-state index in [0.29, 0.717) is 11.7 Å². The molecule has 0 unspecified atom stereocenters. The van der Waals surface area contributed by atoms with E-state index in [1.165, 1.54) is 0 Å². The summed E-state index contributed by atoms with van der Waals surface area (Å²) in [5, 5.41) is 9.48. The Labute approximate surface area is 81.7 Å². The van der Waals surface area contributed by atoms with Crippen LogP contribution in [0, 0.1) is 0 Å². The Hall–Kier alpha value is -0.580. The van der Waals surface area contributed by atoms with Gasteiger partial charge in [-0.2, -0.15) is 0 Å². The molecule has 0 saturated heterocycles. The Morgan fingerprint density at radius 3 is 3.15 bits per heavy atom. The summed E-state index contributed by atoms with van der Waals surface area (Å²) in [6.07, 6.45) is 1.68. The van der Waals surface area contributed by atoms with Crippen molar-refractivity contribution in [3.05, 3.63) is 17.2 Å². The minimum absolute atomic E-state index is 0.203. The lowest BCUT2D eigenvalue weighted by Crippen LogP contribution is -2.35. The fraction of sp³-hybridized carbons (Fsp3) is 0.625. The number of halogens is 1. The van der Waals surface area contributed by atoms with Crippen molar-refractivity contribution in [1.82, 2.24) is 14.5 Å². The zero-order chi connectivity index (χ0) is 9.26. The molecule has 0 aromatic carbocycles. The van der Waals surface area contributed by atoms with Gasteiger partial charge in [0.25, 0.3) is 0 Å². The van der Waals surface area contributed by atoms with Crippen LogP contribution in [0.25, 0.3) is 0 Å². The van der Waals surface area contributed by atoms with Crippen molar-refractivity contribution in [2.24, 2.45) is 0 Å². The lowest BCUT2D eigenvalue weighted by molar-refractivity contribution is 0.165. The van der Waals surface area contributed by atoms with E-state index in [-0.39, 0.29) is 6.61 Å². The van der Waals surface area contributed by atoms with Crippen molar-refractivity contribution in [1.29, 1.82) is 0 Å². The summed E-state index contributed by atoms with van der Waals surface area (Å²) >= 11 is 5.92. The van der Waals surface area contributed by atoms with Crippen LogP contribution in [-0.2, 0) is 13.1 Å². The van der Waals surface area contributed by atoms with Crippen LogP contribution in [0.4, 0.5) is 0 Å². The zero-order valence-electron chi connectivity index (χ0n) is 7.28. The summed E-state index contributed by atoms with van der Waals surface area (Å²) in [5.41, 5.74) is 0. The van der Waals surface area contributed by atoms with Crippen molar-refractivity contribution in [3.63, 3.8) is 0 Å². The molecular formula is C8H12ClN3O. The van der Waals surface area contributed by atoms with Gasteiger partial charge in [0.15, 0.2) is 0 Å². The summed E-state index contributed by atoms with van der Waals surface area (Å²) in [6, 6.07) is 0. The van der Waals surface area contributed by atoms with E-state index in [9.17, 15) is 0 Å². The van der Waals surface area contributed by atoms with Gasteiger partial charge in [0.1, 0.15) is 11.0 Å². The van der Waals surface area contributed by atoms with Crippen molar-refractivity contribution < 1.29 is 5.11 Å². The van der Waals surface area contributed by atoms with Crippen molar-refractivity contribution >= 4 is 11.6 Å². The fourth-order valence-electron chi connectivity index (χ4n) is 1.61. The van der Waals surface area contributed by atoms with Gasteiger partial charge in [-0.15, -0.1) is 0 Å². The SMILES string of the molecule is OCCN1CCn2c(Cl)cnc2C1. The maximum Gasteiger partial charge on any atom is 0.128 e. The first kappa shape index (κ1) is 8.99. The highest BCUT2D eigenvalue weighted by atomic mass is 35.5. The Morgan fingerprint density at radius 2 is 2.38 bits per heavy atom. The van der Waals surface area contributed by atoms with Gasteiger partial charge < -0.3 is 9.67 Å². The molecule has 5 heteroatoms. The van der Waals surface area contributed by atoms with E-state index in [1.54, 1.807) is 6.20 Å². The molecular weight excluding hydrogens is 190 g/mol. The molecule has 2 heterocycles. The minimum atomic E-state index is 0.203. The molecule has 0 radical (unpaired) electrons. The van der Waals surface area contributed by atoms with Crippen molar-refractivity contribution in [2.75, 3.05) is 19.7 Å². The second-order valence-electron chi connectivity index (χ2n) is 3.15. The van der Waals surface area contributed by atoms with Crippen LogP contribution in [0.3, 0.4) is 0 Å². The molecule has 0 saturated carbocycles. The zero-order valence-corrected chi connectivity index (χ0v) is 8.04. The standard InChI is InChI=1S/C8H12ClN3O/c9-7-5-10-8-6-11(3-4-13)1-2-12(7)8/h5,13H,1-4,6H2. The Bertz CT molecular complexity index is 300. The molecule has 1 aromatic rings. The molecule has 13 heavy (non-hydrogen) atoms. The number of nitrogens with zero attached hydrogens (tertiary/aromatic N) is 3. The molecule has 1 aromatic heterocycles. The van der Waals surface area contributed by atoms with Crippen LogP contribution >= 0.6 is 11.6 Å². The van der Waals surface area contributed by atoms with Gasteiger partial charge in [0, 0.05) is 19.6 Å². The van der Waals surface area contributed by atoms with Gasteiger partial charge in [0.2, 0.25) is 0 Å². The maximum atomic E-state index is 8.78. The van der Waals surface area contributed by atoms with Gasteiger partial charge in [0.05, 0.1) is 19.3 Å². The van der Waals surface area contributed by atoms with Gasteiger partial charge >= 0.3 is 0 Å². The van der Waals surface area contributed by atoms with E-state index < -0.39 is 0 Å². The third-order valence-electron chi connectivity index (χ3n) is 2.31. The maximum absolute atomic E-state index is 8.78. The Morgan fingerprint density at radius 1 is 1.54 bits per heavy atom. The molecule has 0 amide bonds.